The van der Waals surface area contributed by atoms with Crippen LogP contribution < -0.4 is 15.4 Å². The Labute approximate surface area is 555 Å². The lowest BCUT2D eigenvalue weighted by Gasteiger charge is -2.31. The number of Topliss-reactive ketones (excluding diaryl/α,β-unsaturated/α-hetero) is 2. The molecule has 2 aliphatic carbocycles. The number of H-pyrrole nitrogens is 1. The number of hydrogen-bond acceptors (Lipinski definition) is 9. The first-order valence-corrected chi connectivity index (χ1v) is 33.9. The van der Waals surface area contributed by atoms with E-state index in [0.29, 0.717) is 43.9 Å². The second kappa shape index (κ2) is 32.2. The number of quaternary nitrogens is 2. The summed E-state index contributed by atoms with van der Waals surface area (Å²) in [6.07, 6.45) is 21.5. The van der Waals surface area contributed by atoms with Crippen LogP contribution in [0.2, 0.25) is 0 Å². The highest BCUT2D eigenvalue weighted by Gasteiger charge is 2.45. The number of ketones is 2. The van der Waals surface area contributed by atoms with E-state index in [1.54, 1.807) is 18.3 Å². The summed E-state index contributed by atoms with van der Waals surface area (Å²) < 4.78 is 22.9. The minimum Gasteiger partial charge on any atom is -0.508 e. The van der Waals surface area contributed by atoms with E-state index in [-0.39, 0.29) is 85.2 Å². The second-order valence-electron chi connectivity index (χ2n) is 29.6. The number of rotatable bonds is 34. The number of amides is 2. The Morgan fingerprint density at radius 1 is 0.774 bits per heavy atom. The van der Waals surface area contributed by atoms with E-state index in [2.05, 4.69) is 194 Å². The van der Waals surface area contributed by atoms with E-state index in [9.17, 15) is 24.3 Å². The van der Waals surface area contributed by atoms with Gasteiger partial charge in [-0.05, 0) is 131 Å². The largest absolute Gasteiger partial charge is 0.508 e. The number of hydrogen-bond donors (Lipinski definition) is 4. The standard InChI is InChI=1S/C78H105N7O8/c1-54-19-33-67-66(18-14-38-84(8,9)10)68(77(3,4)69(67)43-54)34-26-58-45-59(27-36-74-78(5,6)70-44-55(2)20-35-72(70)83(74)37-16-39-85(11,12)13)47-65(46-58)93-64-31-24-56(25-32-64)21-28-62(86)17-15-40-91-41-42-92-52-75(89)82-71(48-57-22-29-63(87)30-23-57)73(88)50-60(76(90)79-7)49-61-51-80-53-81-61/h19-20,22-27,29-36,43-44,51,53,59-60,65-66,71H,14-18,21,28,37-42,45-50,52H2,1-13H3,(H-3,79,80,81,82,87,89,90)/p+3/b36-27+,58-26-,68-34-/t59?,60-,65?,66?,71+/m1/s1. The molecule has 93 heavy (non-hydrogen) atoms. The number of aryl methyl sites for hydroxylation is 3. The number of phenolic OH excluding ortho intramolecular Hbond substituents is 1. The zero-order valence-electron chi connectivity index (χ0n) is 58.2. The molecule has 3 unspecified atom stereocenters. The summed E-state index contributed by atoms with van der Waals surface area (Å²) in [5.41, 5.74) is 14.9. The molecule has 0 saturated heterocycles. The summed E-state index contributed by atoms with van der Waals surface area (Å²) in [4.78, 5) is 59.8. The van der Waals surface area contributed by atoms with Crippen LogP contribution in [0, 0.1) is 25.7 Å². The molecule has 4 N–H and O–H groups in total. The number of benzene rings is 4. The molecule has 0 spiro atoms. The van der Waals surface area contributed by atoms with Crippen LogP contribution in [0.5, 0.6) is 11.5 Å². The molecule has 500 valence electrons. The minimum atomic E-state index is -0.934. The van der Waals surface area contributed by atoms with Crippen molar-refractivity contribution in [2.45, 2.75) is 154 Å². The van der Waals surface area contributed by atoms with Gasteiger partial charge < -0.3 is 43.9 Å². The van der Waals surface area contributed by atoms with Gasteiger partial charge in [0.25, 0.3) is 0 Å². The molecule has 2 amide bonds. The molecule has 2 heterocycles. The fraction of sp³-hybridized carbons (Fsp3) is 0.513. The molecule has 1 saturated carbocycles. The molecule has 1 aromatic heterocycles. The van der Waals surface area contributed by atoms with E-state index >= 15 is 0 Å². The molecular formula is C78H108N7O8+3. The summed E-state index contributed by atoms with van der Waals surface area (Å²) in [6, 6.07) is 27.9. The van der Waals surface area contributed by atoms with Crippen molar-refractivity contribution in [2.24, 2.45) is 11.8 Å². The first-order chi connectivity index (χ1) is 44.1. The van der Waals surface area contributed by atoms with Crippen molar-refractivity contribution in [3.8, 4) is 11.5 Å². The molecule has 1 aliphatic heterocycles. The van der Waals surface area contributed by atoms with Gasteiger partial charge in [0.2, 0.25) is 17.5 Å². The predicted octanol–water partition coefficient (Wildman–Crippen LogP) is 12.0. The van der Waals surface area contributed by atoms with Crippen molar-refractivity contribution < 1.29 is 52.0 Å². The van der Waals surface area contributed by atoms with Crippen molar-refractivity contribution in [2.75, 3.05) is 95.4 Å². The molecule has 0 radical (unpaired) electrons. The number of ether oxygens (including phenoxy) is 3. The maximum atomic E-state index is 13.7. The van der Waals surface area contributed by atoms with Crippen molar-refractivity contribution in [1.29, 1.82) is 0 Å². The Bertz CT molecular complexity index is 3470. The summed E-state index contributed by atoms with van der Waals surface area (Å²) >= 11 is 0. The van der Waals surface area contributed by atoms with Crippen LogP contribution in [0.1, 0.15) is 142 Å². The van der Waals surface area contributed by atoms with Crippen molar-refractivity contribution >= 4 is 34.8 Å². The molecular weight excluding hydrogens is 1160 g/mol. The number of phenols is 1. The van der Waals surface area contributed by atoms with E-state index in [1.807, 2.05) is 0 Å². The topological polar surface area (TPSA) is 172 Å². The third-order valence-corrected chi connectivity index (χ3v) is 19.0. The van der Waals surface area contributed by atoms with Crippen LogP contribution in [0.15, 0.2) is 133 Å². The fourth-order valence-electron chi connectivity index (χ4n) is 13.9. The fourth-order valence-corrected chi connectivity index (χ4v) is 13.9. The molecule has 15 heteroatoms. The van der Waals surface area contributed by atoms with Gasteiger partial charge in [-0.2, -0.15) is 4.58 Å². The molecule has 1 fully saturated rings. The number of nitrogens with zero attached hydrogens (tertiary/aromatic N) is 4. The summed E-state index contributed by atoms with van der Waals surface area (Å²) in [5, 5.41) is 15.2. The maximum absolute atomic E-state index is 13.7. The number of aromatic amines is 1. The van der Waals surface area contributed by atoms with Crippen LogP contribution in [-0.4, -0.2) is 165 Å². The number of imidazole rings is 1. The van der Waals surface area contributed by atoms with Gasteiger partial charge >= 0.3 is 0 Å². The Kier molecular flexibility index (Phi) is 24.8. The molecule has 8 rings (SSSR count). The highest BCUT2D eigenvalue weighted by Crippen LogP contribution is 2.52. The van der Waals surface area contributed by atoms with Gasteiger partial charge in [-0.3, -0.25) is 19.2 Å². The molecule has 15 nitrogen and oxygen atoms in total. The average molecular weight is 1270 g/mol. The lowest BCUT2D eigenvalue weighted by molar-refractivity contribution is -0.871. The molecule has 3 aliphatic rings. The number of carbonyl (C=O) groups excluding carboxylic acids is 4. The summed E-state index contributed by atoms with van der Waals surface area (Å²) in [7, 11) is 15.2. The highest BCUT2D eigenvalue weighted by molar-refractivity contribution is 6.03. The van der Waals surface area contributed by atoms with Gasteiger partial charge in [-0.25, -0.2) is 4.98 Å². The monoisotopic (exact) mass is 1270 g/mol. The lowest BCUT2D eigenvalue weighted by atomic mass is 9.78. The van der Waals surface area contributed by atoms with E-state index in [1.165, 1.54) is 75.9 Å². The van der Waals surface area contributed by atoms with Crippen LogP contribution in [0.4, 0.5) is 5.69 Å². The van der Waals surface area contributed by atoms with Crippen molar-refractivity contribution in [3.05, 3.63) is 178 Å². The summed E-state index contributed by atoms with van der Waals surface area (Å²) in [6.45, 7) is 17.7. The Balaban J connectivity index is 0.854. The minimum absolute atomic E-state index is 0.0169. The van der Waals surface area contributed by atoms with Crippen LogP contribution in [0.3, 0.4) is 0 Å². The molecule has 4 aromatic carbocycles. The SMILES string of the molecule is CNC(=O)[C@@H](CC(=O)[C@H](Cc1ccc(O)cc1)NC(=O)COCCOCCCC(=O)CCc1ccc(OC2C/C(=C\C=C3\C(CCC[N+](C)(C)C)c4ccc(C)cc4C3(C)C)CC(/C=C/C3=[N+](CCC[N+](C)(C)C)c4ccc(C)cc4C3(C)C)C2)cc1)Cc1cnc[nH]1. The van der Waals surface area contributed by atoms with E-state index in [4.69, 9.17) is 14.2 Å². The highest BCUT2D eigenvalue weighted by atomic mass is 16.5. The van der Waals surface area contributed by atoms with Gasteiger partial charge in [0.05, 0.1) is 98.7 Å². The maximum Gasteiger partial charge on any atom is 0.246 e. The smallest absolute Gasteiger partial charge is 0.246 e. The van der Waals surface area contributed by atoms with Gasteiger partial charge in [0.15, 0.2) is 18.0 Å². The first kappa shape index (κ1) is 71.5. The number of nitrogens with one attached hydrogen (secondary N) is 3. The van der Waals surface area contributed by atoms with E-state index < -0.39 is 17.9 Å². The first-order valence-electron chi connectivity index (χ1n) is 33.9. The quantitative estimate of drug-likeness (QED) is 0.0178. The van der Waals surface area contributed by atoms with Gasteiger partial charge in [-0.1, -0.05) is 103 Å². The van der Waals surface area contributed by atoms with Crippen LogP contribution in [0.25, 0.3) is 0 Å². The molecule has 0 bridgehead atoms. The third-order valence-electron chi connectivity index (χ3n) is 19.0. The number of carbonyl (C=O) groups is 4. The number of allylic oxidation sites excluding steroid dienone is 5. The molecule has 5 atom stereocenters. The lowest BCUT2D eigenvalue weighted by Crippen LogP contribution is -2.45. The van der Waals surface area contributed by atoms with Gasteiger partial charge in [-0.15, -0.1) is 0 Å². The van der Waals surface area contributed by atoms with Gasteiger partial charge in [0.1, 0.15) is 30.0 Å². The zero-order valence-corrected chi connectivity index (χ0v) is 58.2. The van der Waals surface area contributed by atoms with Gasteiger partial charge in [0, 0.05) is 86.7 Å². The zero-order chi connectivity index (χ0) is 67.1. The number of aromatic hydroxyl groups is 1. The van der Waals surface area contributed by atoms with E-state index in [0.717, 1.165) is 84.0 Å². The second-order valence-corrected chi connectivity index (χ2v) is 29.6. The van der Waals surface area contributed by atoms with Crippen molar-refractivity contribution in [1.82, 2.24) is 20.6 Å². The molecule has 5 aromatic rings. The Hall–Kier alpha value is -7.30. The summed E-state index contributed by atoms with van der Waals surface area (Å²) in [5.74, 6) is -0.0193. The van der Waals surface area contributed by atoms with Crippen LogP contribution in [-0.2, 0) is 58.7 Å². The Morgan fingerprint density at radius 2 is 1.46 bits per heavy atom. The number of fused-ring (bicyclic) bond motifs is 2. The van der Waals surface area contributed by atoms with Crippen molar-refractivity contribution in [3.63, 3.8) is 0 Å². The normalized spacial score (nSPS) is 19.2. The number of aromatic nitrogens is 2. The van der Waals surface area contributed by atoms with Crippen LogP contribution >= 0.6 is 0 Å². The Morgan fingerprint density at radius 3 is 2.16 bits per heavy atom. The third kappa shape index (κ3) is 20.6. The predicted molar refractivity (Wildman–Crippen MR) is 372 cm³/mol. The average Bonchev–Trinajstić information content (AvgIpc) is 1.60.